The Hall–Kier alpha value is -1.79. The second-order valence-electron chi connectivity index (χ2n) is 5.14. The summed E-state index contributed by atoms with van der Waals surface area (Å²) in [4.78, 5) is 22.8. The van der Waals surface area contributed by atoms with Crippen LogP contribution in [-0.2, 0) is 0 Å². The number of hydrogen-bond acceptors (Lipinski definition) is 3. The minimum Gasteiger partial charge on any atom is -0.478 e. The highest BCUT2D eigenvalue weighted by atomic mass is 35.5. The quantitative estimate of drug-likeness (QED) is 0.689. The molecule has 0 spiro atoms. The van der Waals surface area contributed by atoms with Gasteiger partial charge in [-0.25, -0.2) is 9.59 Å². The average molecular weight is 313 g/mol. The summed E-state index contributed by atoms with van der Waals surface area (Å²) in [6.07, 6.45) is 2.52. The maximum Gasteiger partial charge on any atom is 0.335 e. The molecule has 114 valence electrons. The molecule has 1 aliphatic rings. The number of nitrogens with one attached hydrogen (secondary N) is 2. The van der Waals surface area contributed by atoms with Crippen molar-refractivity contribution in [2.24, 2.45) is 0 Å². The molecular formula is C14H17ClN2O4. The fraction of sp³-hybridized carbons (Fsp3) is 0.429. The van der Waals surface area contributed by atoms with Gasteiger partial charge in [0.25, 0.3) is 0 Å². The first kappa shape index (κ1) is 15.6. The fourth-order valence-electron chi connectivity index (χ4n) is 2.36. The third-order valence-corrected chi connectivity index (χ3v) is 3.65. The van der Waals surface area contributed by atoms with E-state index in [0.29, 0.717) is 18.5 Å². The molecule has 0 saturated heterocycles. The summed E-state index contributed by atoms with van der Waals surface area (Å²) < 4.78 is 0. The number of aliphatic hydroxyl groups is 1. The Morgan fingerprint density at radius 1 is 1.14 bits per heavy atom. The first-order valence-electron chi connectivity index (χ1n) is 6.73. The summed E-state index contributed by atoms with van der Waals surface area (Å²) >= 11 is 5.82. The van der Waals surface area contributed by atoms with Gasteiger partial charge in [0.05, 0.1) is 11.7 Å². The van der Waals surface area contributed by atoms with E-state index in [-0.39, 0.29) is 22.7 Å². The van der Waals surface area contributed by atoms with Crippen LogP contribution in [0.5, 0.6) is 0 Å². The molecule has 1 aliphatic carbocycles. The highest BCUT2D eigenvalue weighted by Crippen LogP contribution is 2.20. The first-order valence-corrected chi connectivity index (χ1v) is 7.11. The van der Waals surface area contributed by atoms with Crippen molar-refractivity contribution in [2.45, 2.75) is 37.8 Å². The predicted molar refractivity (Wildman–Crippen MR) is 78.8 cm³/mol. The van der Waals surface area contributed by atoms with Crippen LogP contribution in [-0.4, -0.2) is 34.4 Å². The number of rotatable bonds is 3. The van der Waals surface area contributed by atoms with Crippen LogP contribution in [0.1, 0.15) is 36.0 Å². The molecule has 0 radical (unpaired) electrons. The van der Waals surface area contributed by atoms with Gasteiger partial charge in [0, 0.05) is 16.8 Å². The summed E-state index contributed by atoms with van der Waals surface area (Å²) in [6.45, 7) is 0. The van der Waals surface area contributed by atoms with Crippen LogP contribution >= 0.6 is 11.6 Å². The molecule has 1 aromatic carbocycles. The Morgan fingerprint density at radius 2 is 1.81 bits per heavy atom. The molecule has 1 saturated carbocycles. The summed E-state index contributed by atoms with van der Waals surface area (Å²) in [5.41, 5.74) is 0.340. The van der Waals surface area contributed by atoms with E-state index in [4.69, 9.17) is 16.7 Å². The van der Waals surface area contributed by atoms with E-state index >= 15 is 0 Å². The van der Waals surface area contributed by atoms with Crippen molar-refractivity contribution < 1.29 is 19.8 Å². The summed E-state index contributed by atoms with van der Waals surface area (Å²) in [5.74, 6) is -1.11. The smallest absolute Gasteiger partial charge is 0.335 e. The van der Waals surface area contributed by atoms with Crippen molar-refractivity contribution >= 4 is 29.3 Å². The second kappa shape index (κ2) is 6.78. The molecule has 1 aromatic rings. The number of carboxylic acids is 1. The zero-order valence-electron chi connectivity index (χ0n) is 11.3. The number of amides is 2. The van der Waals surface area contributed by atoms with Crippen LogP contribution in [0.15, 0.2) is 18.2 Å². The fourth-order valence-corrected chi connectivity index (χ4v) is 2.59. The number of aromatic carboxylic acids is 1. The molecule has 6 nitrogen and oxygen atoms in total. The van der Waals surface area contributed by atoms with Crippen molar-refractivity contribution in [3.8, 4) is 0 Å². The number of aliphatic hydroxyl groups excluding tert-OH is 1. The molecule has 21 heavy (non-hydrogen) atoms. The number of benzene rings is 1. The number of carboxylic acid groups (broad SMARTS) is 1. The number of halogens is 1. The van der Waals surface area contributed by atoms with Gasteiger partial charge in [-0.05, 0) is 43.9 Å². The van der Waals surface area contributed by atoms with Gasteiger partial charge in [-0.2, -0.15) is 0 Å². The lowest BCUT2D eigenvalue weighted by atomic mass is 9.93. The van der Waals surface area contributed by atoms with Crippen LogP contribution in [0.4, 0.5) is 10.5 Å². The monoisotopic (exact) mass is 312 g/mol. The number of hydrogen-bond donors (Lipinski definition) is 4. The Kier molecular flexibility index (Phi) is 5.03. The van der Waals surface area contributed by atoms with Gasteiger partial charge >= 0.3 is 12.0 Å². The van der Waals surface area contributed by atoms with Crippen LogP contribution in [0.2, 0.25) is 5.02 Å². The molecule has 0 atom stereocenters. The molecule has 0 unspecified atom stereocenters. The van der Waals surface area contributed by atoms with Crippen LogP contribution in [0, 0.1) is 0 Å². The minimum atomic E-state index is -1.11. The molecule has 7 heteroatoms. The topological polar surface area (TPSA) is 98.7 Å². The highest BCUT2D eigenvalue weighted by molar-refractivity contribution is 6.31. The predicted octanol–water partition coefficient (Wildman–Crippen LogP) is 2.46. The largest absolute Gasteiger partial charge is 0.478 e. The SMILES string of the molecule is O=C(Nc1cc(Cl)cc(C(=O)O)c1)NC1CCC(O)CC1. The van der Waals surface area contributed by atoms with Crippen molar-refractivity contribution in [1.82, 2.24) is 5.32 Å². The first-order chi connectivity index (χ1) is 9.94. The molecule has 2 amide bonds. The van der Waals surface area contributed by atoms with E-state index in [1.165, 1.54) is 18.2 Å². The minimum absolute atomic E-state index is 0.0126. The molecule has 1 fully saturated rings. The molecule has 0 aliphatic heterocycles. The maximum absolute atomic E-state index is 11.9. The third-order valence-electron chi connectivity index (χ3n) is 3.43. The standard InChI is InChI=1S/C14H17ClN2O4/c15-9-5-8(13(19)20)6-11(7-9)17-14(21)16-10-1-3-12(18)4-2-10/h5-7,10,12,18H,1-4H2,(H,19,20)(H2,16,17,21). The zero-order chi connectivity index (χ0) is 15.4. The van der Waals surface area contributed by atoms with E-state index in [1.54, 1.807) is 0 Å². The zero-order valence-corrected chi connectivity index (χ0v) is 12.1. The molecule has 0 bridgehead atoms. The van der Waals surface area contributed by atoms with E-state index in [0.717, 1.165) is 12.8 Å². The van der Waals surface area contributed by atoms with Crippen molar-refractivity contribution in [1.29, 1.82) is 0 Å². The van der Waals surface area contributed by atoms with Crippen molar-refractivity contribution in [3.63, 3.8) is 0 Å². The lowest BCUT2D eigenvalue weighted by Crippen LogP contribution is -2.40. The second-order valence-corrected chi connectivity index (χ2v) is 5.57. The molecule has 0 heterocycles. The van der Waals surface area contributed by atoms with Crippen LogP contribution in [0.25, 0.3) is 0 Å². The molecule has 2 rings (SSSR count). The average Bonchev–Trinajstić information content (AvgIpc) is 2.40. The Labute approximate surface area is 127 Å². The van der Waals surface area contributed by atoms with Gasteiger partial charge < -0.3 is 20.8 Å². The van der Waals surface area contributed by atoms with E-state index < -0.39 is 12.0 Å². The van der Waals surface area contributed by atoms with Gasteiger partial charge in [0.1, 0.15) is 0 Å². The van der Waals surface area contributed by atoms with Gasteiger partial charge in [0.2, 0.25) is 0 Å². The van der Waals surface area contributed by atoms with Gasteiger partial charge in [-0.1, -0.05) is 11.6 Å². The third kappa shape index (κ3) is 4.61. The lowest BCUT2D eigenvalue weighted by Gasteiger charge is -2.26. The normalized spacial score (nSPS) is 21.6. The Morgan fingerprint density at radius 3 is 2.43 bits per heavy atom. The summed E-state index contributed by atoms with van der Waals surface area (Å²) in [7, 11) is 0. The number of urea groups is 1. The van der Waals surface area contributed by atoms with Crippen molar-refractivity contribution in [2.75, 3.05) is 5.32 Å². The summed E-state index contributed by atoms with van der Waals surface area (Å²) in [6, 6.07) is 3.76. The molecular weight excluding hydrogens is 296 g/mol. The highest BCUT2D eigenvalue weighted by Gasteiger charge is 2.20. The van der Waals surface area contributed by atoms with Gasteiger partial charge in [0.15, 0.2) is 0 Å². The van der Waals surface area contributed by atoms with Gasteiger partial charge in [-0.15, -0.1) is 0 Å². The van der Waals surface area contributed by atoms with E-state index in [2.05, 4.69) is 10.6 Å². The van der Waals surface area contributed by atoms with Crippen LogP contribution < -0.4 is 10.6 Å². The van der Waals surface area contributed by atoms with Crippen LogP contribution in [0.3, 0.4) is 0 Å². The number of carbonyl (C=O) groups excluding carboxylic acids is 1. The van der Waals surface area contributed by atoms with E-state index in [1.807, 2.05) is 0 Å². The van der Waals surface area contributed by atoms with Crippen molar-refractivity contribution in [3.05, 3.63) is 28.8 Å². The number of anilines is 1. The maximum atomic E-state index is 11.9. The Bertz CT molecular complexity index is 542. The Balaban J connectivity index is 1.95. The summed E-state index contributed by atoms with van der Waals surface area (Å²) in [5, 5.41) is 24.0. The van der Waals surface area contributed by atoms with Gasteiger partial charge in [-0.3, -0.25) is 0 Å². The van der Waals surface area contributed by atoms with E-state index in [9.17, 15) is 14.7 Å². The molecule has 4 N–H and O–H groups in total. The number of carbonyl (C=O) groups is 2. The molecule has 0 aromatic heterocycles. The lowest BCUT2D eigenvalue weighted by molar-refractivity contribution is 0.0697.